The minimum atomic E-state index is -4.12. The van der Waals surface area contributed by atoms with Crippen molar-refractivity contribution in [3.8, 4) is 11.5 Å². The zero-order chi connectivity index (χ0) is 32.4. The smallest absolute Gasteiger partial charge is 0.407 e. The Bertz CT molecular complexity index is 1400. The lowest BCUT2D eigenvalue weighted by Gasteiger charge is -2.30. The molecule has 1 amide bonds. The van der Waals surface area contributed by atoms with Gasteiger partial charge < -0.3 is 34.1 Å². The third kappa shape index (κ3) is 9.01. The molecule has 0 radical (unpaired) electrons. The number of sulfonamides is 1. The second kappa shape index (κ2) is 16.6. The quantitative estimate of drug-likeness (QED) is 0.395. The van der Waals surface area contributed by atoms with Crippen molar-refractivity contribution in [1.82, 2.24) is 9.62 Å². The number of β-amino-alcohol motifs (C(OH)–C–C–N with tert-alkyl or cyclic N) is 1. The number of nitrogens with zero attached hydrogens (tertiary/aromatic N) is 1. The lowest BCUT2D eigenvalue weighted by Crippen LogP contribution is -2.51. The second-order valence-electron chi connectivity index (χ2n) is 12.0. The van der Waals surface area contributed by atoms with Crippen LogP contribution in [0.2, 0.25) is 0 Å². The topological polar surface area (TPSA) is 133 Å². The molecule has 2 saturated heterocycles. The summed E-state index contributed by atoms with van der Waals surface area (Å²) < 4.78 is 58.1. The van der Waals surface area contributed by atoms with E-state index < -0.39 is 34.4 Å². The summed E-state index contributed by atoms with van der Waals surface area (Å²) >= 11 is 0. The summed E-state index contributed by atoms with van der Waals surface area (Å²) in [6.07, 6.45) is 7.37. The average Bonchev–Trinajstić information content (AvgIpc) is 3.67. The molecule has 5 atom stereocenters. The van der Waals surface area contributed by atoms with Crippen molar-refractivity contribution in [1.29, 1.82) is 0 Å². The first kappa shape index (κ1) is 34.2. The number of aliphatic hydroxyl groups is 1. The Labute approximate surface area is 271 Å². The van der Waals surface area contributed by atoms with Crippen LogP contribution in [-0.4, -0.2) is 88.5 Å². The van der Waals surface area contributed by atoms with Gasteiger partial charge in [-0.2, -0.15) is 4.31 Å². The fraction of sp³-hybridized carbons (Fsp3) is 0.559. The van der Waals surface area contributed by atoms with Gasteiger partial charge in [0, 0.05) is 19.2 Å². The summed E-state index contributed by atoms with van der Waals surface area (Å²) in [7, 11) is -2.61. The number of amides is 1. The molecule has 11 nitrogen and oxygen atoms in total. The molecule has 2 aromatic rings. The van der Waals surface area contributed by atoms with Gasteiger partial charge >= 0.3 is 6.09 Å². The van der Waals surface area contributed by atoms with Gasteiger partial charge in [-0.1, -0.05) is 42.5 Å². The predicted molar refractivity (Wildman–Crippen MR) is 171 cm³/mol. The third-order valence-corrected chi connectivity index (χ3v) is 10.6. The zero-order valence-electron chi connectivity index (χ0n) is 26.4. The van der Waals surface area contributed by atoms with Crippen molar-refractivity contribution in [2.24, 2.45) is 5.92 Å². The first-order valence-corrected chi connectivity index (χ1v) is 17.7. The van der Waals surface area contributed by atoms with E-state index in [1.165, 1.54) is 17.5 Å². The molecular weight excluding hydrogens is 612 g/mol. The molecule has 3 aliphatic rings. The SMILES string of the molecule is COc1ccc2c(c1)OCCCC/C=C/CCCCN(C[C@@H](O)[C@H](Cc1ccccc1)NC(=O)O[C@H]1CO[C@H]3OCC[C@H]31)S2(=O)=O. The van der Waals surface area contributed by atoms with Gasteiger partial charge in [-0.05, 0) is 69.1 Å². The number of fused-ring (bicyclic) bond motifs is 2. The fourth-order valence-electron chi connectivity index (χ4n) is 6.08. The Hall–Kier alpha value is -3.16. The Morgan fingerprint density at radius 1 is 1.04 bits per heavy atom. The predicted octanol–water partition coefficient (Wildman–Crippen LogP) is 4.43. The Morgan fingerprint density at radius 3 is 2.61 bits per heavy atom. The van der Waals surface area contributed by atoms with Crippen molar-refractivity contribution in [2.75, 3.05) is 40.0 Å². The molecule has 2 aromatic carbocycles. The Morgan fingerprint density at radius 2 is 1.83 bits per heavy atom. The number of carbonyl (C=O) groups excluding carboxylic acids is 1. The summed E-state index contributed by atoms with van der Waals surface area (Å²) in [4.78, 5) is 13.2. The van der Waals surface area contributed by atoms with Gasteiger partial charge in [0.05, 0.1) is 45.0 Å². The standard InChI is InChI=1S/C34H46N2O9S/c1-41-26-15-16-32-30(22-26)42-19-12-7-5-3-2-4-6-11-18-36(46(32,39)40)23-29(37)28(21-25-13-9-8-10-14-25)35-34(38)45-31-24-44-33-27(31)17-20-43-33/h2-3,8-10,13-16,22,27-29,31,33,37H,4-7,11-12,17-21,23-24H2,1H3,(H,35,38)/b3-2+/t27-,28-,29+,31-,33+/m0/s1. The molecule has 0 aromatic heterocycles. The number of allylic oxidation sites excluding steroid dienone is 2. The van der Waals surface area contributed by atoms with E-state index >= 15 is 0 Å². The normalized spacial score (nSPS) is 25.8. The molecule has 5 rings (SSSR count). The van der Waals surface area contributed by atoms with Crippen molar-refractivity contribution in [3.63, 3.8) is 0 Å². The maximum Gasteiger partial charge on any atom is 0.407 e. The van der Waals surface area contributed by atoms with Crippen LogP contribution in [0.4, 0.5) is 4.79 Å². The van der Waals surface area contributed by atoms with Crippen LogP contribution in [0.5, 0.6) is 11.5 Å². The lowest BCUT2D eigenvalue weighted by molar-refractivity contribution is -0.0907. The zero-order valence-corrected chi connectivity index (χ0v) is 27.2. The van der Waals surface area contributed by atoms with Crippen LogP contribution < -0.4 is 14.8 Å². The number of benzene rings is 2. The Balaban J connectivity index is 1.37. The maximum absolute atomic E-state index is 14.3. The van der Waals surface area contributed by atoms with E-state index in [0.717, 1.165) is 44.1 Å². The van der Waals surface area contributed by atoms with Crippen LogP contribution in [0.15, 0.2) is 65.6 Å². The molecule has 0 bridgehead atoms. The number of alkyl carbamates (subject to hydrolysis) is 1. The molecule has 0 saturated carbocycles. The largest absolute Gasteiger partial charge is 0.497 e. The molecule has 2 fully saturated rings. The lowest BCUT2D eigenvalue weighted by atomic mass is 10.0. The second-order valence-corrected chi connectivity index (χ2v) is 13.9. The minimum absolute atomic E-state index is 0.00930. The number of nitrogens with one attached hydrogen (secondary N) is 1. The molecule has 12 heteroatoms. The summed E-state index contributed by atoms with van der Waals surface area (Å²) in [6.45, 7) is 1.09. The highest BCUT2D eigenvalue weighted by molar-refractivity contribution is 7.89. The van der Waals surface area contributed by atoms with E-state index in [4.69, 9.17) is 23.7 Å². The summed E-state index contributed by atoms with van der Waals surface area (Å²) in [5.41, 5.74) is 0.873. The van der Waals surface area contributed by atoms with E-state index in [1.54, 1.807) is 12.1 Å². The molecule has 252 valence electrons. The first-order chi connectivity index (χ1) is 22.3. The van der Waals surface area contributed by atoms with Crippen molar-refractivity contribution >= 4 is 16.1 Å². The maximum atomic E-state index is 14.3. The van der Waals surface area contributed by atoms with Gasteiger partial charge in [-0.3, -0.25) is 0 Å². The number of hydrogen-bond donors (Lipinski definition) is 2. The highest BCUT2D eigenvalue weighted by atomic mass is 32.2. The van der Waals surface area contributed by atoms with Crippen LogP contribution in [0.1, 0.15) is 50.5 Å². The number of hydrogen-bond acceptors (Lipinski definition) is 9. The number of rotatable bonds is 8. The number of methoxy groups -OCH3 is 1. The van der Waals surface area contributed by atoms with E-state index in [2.05, 4.69) is 17.5 Å². The molecule has 2 N–H and O–H groups in total. The summed E-state index contributed by atoms with van der Waals surface area (Å²) in [5, 5.41) is 14.5. The molecular formula is C34H46N2O9S. The average molecular weight is 659 g/mol. The monoisotopic (exact) mass is 658 g/mol. The first-order valence-electron chi connectivity index (χ1n) is 16.2. The van der Waals surface area contributed by atoms with Gasteiger partial charge in [0.2, 0.25) is 10.0 Å². The van der Waals surface area contributed by atoms with Crippen molar-refractivity contribution in [2.45, 2.75) is 80.8 Å². The fourth-order valence-corrected chi connectivity index (χ4v) is 7.69. The number of ether oxygens (including phenoxy) is 5. The van der Waals surface area contributed by atoms with Crippen LogP contribution >= 0.6 is 0 Å². The molecule has 0 unspecified atom stereocenters. The Kier molecular flexibility index (Phi) is 12.3. The van der Waals surface area contributed by atoms with Crippen molar-refractivity contribution < 1.29 is 42.0 Å². The molecule has 0 spiro atoms. The van der Waals surface area contributed by atoms with Gasteiger partial charge in [0.1, 0.15) is 22.5 Å². The van der Waals surface area contributed by atoms with E-state index in [0.29, 0.717) is 25.4 Å². The van der Waals surface area contributed by atoms with Gasteiger partial charge in [-0.15, -0.1) is 0 Å². The highest BCUT2D eigenvalue weighted by Crippen LogP contribution is 2.34. The van der Waals surface area contributed by atoms with Crippen molar-refractivity contribution in [3.05, 3.63) is 66.2 Å². The number of carbonyl (C=O) groups is 1. The minimum Gasteiger partial charge on any atom is -0.497 e. The van der Waals surface area contributed by atoms with E-state index in [1.807, 2.05) is 30.3 Å². The van der Waals surface area contributed by atoms with Gasteiger partial charge in [0.25, 0.3) is 0 Å². The van der Waals surface area contributed by atoms with E-state index in [-0.39, 0.29) is 49.0 Å². The number of aliphatic hydroxyl groups excluding tert-OH is 1. The molecule has 0 aliphatic carbocycles. The van der Waals surface area contributed by atoms with Crippen LogP contribution in [0.3, 0.4) is 0 Å². The van der Waals surface area contributed by atoms with Crippen LogP contribution in [0, 0.1) is 5.92 Å². The third-order valence-electron chi connectivity index (χ3n) is 8.69. The molecule has 3 heterocycles. The summed E-state index contributed by atoms with van der Waals surface area (Å²) in [6, 6.07) is 13.3. The van der Waals surface area contributed by atoms with Gasteiger partial charge in [0.15, 0.2) is 6.29 Å². The summed E-state index contributed by atoms with van der Waals surface area (Å²) in [5.74, 6) is 0.652. The van der Waals surface area contributed by atoms with Gasteiger partial charge in [-0.25, -0.2) is 13.2 Å². The van der Waals surface area contributed by atoms with Crippen LogP contribution in [0.25, 0.3) is 0 Å². The van der Waals surface area contributed by atoms with Crippen LogP contribution in [-0.2, 0) is 30.7 Å². The van der Waals surface area contributed by atoms with E-state index in [9.17, 15) is 18.3 Å². The molecule has 3 aliphatic heterocycles. The molecule has 46 heavy (non-hydrogen) atoms. The highest BCUT2D eigenvalue weighted by Gasteiger charge is 2.44.